The molecule has 0 N–H and O–H groups in total. The van der Waals surface area contributed by atoms with E-state index < -0.39 is 0 Å². The molecule has 0 fully saturated rings. The fourth-order valence-corrected chi connectivity index (χ4v) is 3.26. The van der Waals surface area contributed by atoms with Crippen molar-refractivity contribution in [2.75, 3.05) is 0 Å². The van der Waals surface area contributed by atoms with E-state index in [0.717, 1.165) is 0 Å². The first-order valence-corrected chi connectivity index (χ1v) is 7.89. The third-order valence-corrected chi connectivity index (χ3v) is 4.30. The number of allylic oxidation sites excluding steroid dienone is 1. The normalized spacial score (nSPS) is 13.0. The molecular formula is C22H20. The van der Waals surface area contributed by atoms with Gasteiger partial charge in [0.1, 0.15) is 0 Å². The molecule has 108 valence electrons. The minimum Gasteiger partial charge on any atom is -0.0785 e. The van der Waals surface area contributed by atoms with Crippen LogP contribution in [0.25, 0.3) is 39.1 Å². The van der Waals surface area contributed by atoms with Crippen LogP contribution in [0.3, 0.4) is 0 Å². The Hall–Kier alpha value is -2.34. The maximum absolute atomic E-state index is 2.33. The maximum atomic E-state index is 2.33. The minimum absolute atomic E-state index is 0.210. The monoisotopic (exact) mass is 284 g/mol. The first-order valence-electron chi connectivity index (χ1n) is 7.89. The van der Waals surface area contributed by atoms with Crippen LogP contribution in [-0.2, 0) is 0 Å². The highest BCUT2D eigenvalue weighted by molar-refractivity contribution is 6.15. The highest BCUT2D eigenvalue weighted by atomic mass is 14.2. The van der Waals surface area contributed by atoms with E-state index in [1.54, 1.807) is 0 Å². The lowest BCUT2D eigenvalue weighted by molar-refractivity contribution is 0.547. The summed E-state index contributed by atoms with van der Waals surface area (Å²) in [6, 6.07) is 20.0. The van der Waals surface area contributed by atoms with Crippen molar-refractivity contribution in [1.82, 2.24) is 0 Å². The summed E-state index contributed by atoms with van der Waals surface area (Å²) in [5.74, 6) is 0. The third kappa shape index (κ3) is 2.07. The predicted molar refractivity (Wildman–Crippen MR) is 96.9 cm³/mol. The molecule has 1 aliphatic carbocycles. The Morgan fingerprint density at radius 2 is 1.41 bits per heavy atom. The van der Waals surface area contributed by atoms with Crippen molar-refractivity contribution < 1.29 is 0 Å². The van der Waals surface area contributed by atoms with E-state index >= 15 is 0 Å². The molecule has 0 heteroatoms. The van der Waals surface area contributed by atoms with Crippen LogP contribution in [-0.4, -0.2) is 0 Å². The average molecular weight is 284 g/mol. The standard InChI is InChI=1S/C22H20/c1-22(2,3)13-12-15-10-11-17-18-8-4-6-16-7-5-9-19(21(16)18)20(17)14-15/h4-14H,1-3H3/b13-12-. The molecule has 3 aromatic rings. The molecule has 0 saturated heterocycles. The van der Waals surface area contributed by atoms with Crippen LogP contribution in [0.4, 0.5) is 0 Å². The van der Waals surface area contributed by atoms with Crippen LogP contribution in [0.15, 0.2) is 60.7 Å². The SMILES string of the molecule is CC(C)(C)/C=C\c1ccc2c(c1)-c1cccc3cccc-2c13. The van der Waals surface area contributed by atoms with E-state index in [1.165, 1.54) is 38.6 Å². The van der Waals surface area contributed by atoms with Gasteiger partial charge in [0.05, 0.1) is 0 Å². The van der Waals surface area contributed by atoms with Gasteiger partial charge < -0.3 is 0 Å². The first-order chi connectivity index (χ1) is 10.5. The van der Waals surface area contributed by atoms with Crippen molar-refractivity contribution >= 4 is 16.8 Å². The average Bonchev–Trinajstić information content (AvgIpc) is 2.81. The molecule has 0 spiro atoms. The van der Waals surface area contributed by atoms with E-state index in [4.69, 9.17) is 0 Å². The summed E-state index contributed by atoms with van der Waals surface area (Å²) in [6.45, 7) is 6.69. The van der Waals surface area contributed by atoms with Gasteiger partial charge in [0.25, 0.3) is 0 Å². The summed E-state index contributed by atoms with van der Waals surface area (Å²) in [4.78, 5) is 0. The molecule has 0 nitrogen and oxygen atoms in total. The van der Waals surface area contributed by atoms with Gasteiger partial charge in [-0.15, -0.1) is 0 Å². The molecule has 1 aliphatic rings. The molecule has 3 aromatic carbocycles. The lowest BCUT2D eigenvalue weighted by Gasteiger charge is -2.11. The molecule has 0 saturated carbocycles. The summed E-state index contributed by atoms with van der Waals surface area (Å²) in [6.07, 6.45) is 4.51. The van der Waals surface area contributed by atoms with Gasteiger partial charge in [-0.2, -0.15) is 0 Å². The van der Waals surface area contributed by atoms with Gasteiger partial charge in [0.2, 0.25) is 0 Å². The quantitative estimate of drug-likeness (QED) is 0.372. The van der Waals surface area contributed by atoms with Crippen molar-refractivity contribution in [3.05, 3.63) is 66.2 Å². The maximum Gasteiger partial charge on any atom is -0.00264 e. The molecule has 0 radical (unpaired) electrons. The van der Waals surface area contributed by atoms with Crippen molar-refractivity contribution in [2.45, 2.75) is 20.8 Å². The summed E-state index contributed by atoms with van der Waals surface area (Å²) in [5.41, 5.74) is 6.95. The first kappa shape index (κ1) is 13.3. The second-order valence-electron chi connectivity index (χ2n) is 7.21. The number of hydrogen-bond acceptors (Lipinski definition) is 0. The predicted octanol–water partition coefficient (Wildman–Crippen LogP) is 6.55. The van der Waals surface area contributed by atoms with Crippen molar-refractivity contribution in [1.29, 1.82) is 0 Å². The fraction of sp³-hybridized carbons (Fsp3) is 0.182. The Morgan fingerprint density at radius 3 is 2.09 bits per heavy atom. The molecule has 0 aromatic heterocycles. The molecule has 4 rings (SSSR count). The van der Waals surface area contributed by atoms with E-state index in [0.29, 0.717) is 0 Å². The van der Waals surface area contributed by atoms with Gasteiger partial charge in [0.15, 0.2) is 0 Å². The highest BCUT2D eigenvalue weighted by Crippen LogP contribution is 2.47. The van der Waals surface area contributed by atoms with Crippen LogP contribution >= 0.6 is 0 Å². The zero-order valence-electron chi connectivity index (χ0n) is 13.4. The van der Waals surface area contributed by atoms with Crippen LogP contribution in [0.5, 0.6) is 0 Å². The Kier molecular flexibility index (Phi) is 2.77. The van der Waals surface area contributed by atoms with Gasteiger partial charge in [0, 0.05) is 0 Å². The minimum atomic E-state index is 0.210. The molecule has 22 heavy (non-hydrogen) atoms. The molecule has 0 atom stereocenters. The molecular weight excluding hydrogens is 264 g/mol. The van der Waals surface area contributed by atoms with Crippen LogP contribution in [0.1, 0.15) is 26.3 Å². The largest absolute Gasteiger partial charge is 0.0785 e. The summed E-state index contributed by atoms with van der Waals surface area (Å²) in [5, 5.41) is 2.73. The van der Waals surface area contributed by atoms with E-state index in [-0.39, 0.29) is 5.41 Å². The Bertz CT molecular complexity index is 900. The van der Waals surface area contributed by atoms with Gasteiger partial charge in [-0.05, 0) is 50.1 Å². The van der Waals surface area contributed by atoms with Crippen LogP contribution in [0.2, 0.25) is 0 Å². The van der Waals surface area contributed by atoms with Crippen molar-refractivity contribution in [3.8, 4) is 22.3 Å². The zero-order chi connectivity index (χ0) is 15.3. The Labute approximate surface area is 132 Å². The Balaban J connectivity index is 1.91. The van der Waals surface area contributed by atoms with Crippen LogP contribution < -0.4 is 0 Å². The van der Waals surface area contributed by atoms with E-state index in [1.807, 2.05) is 0 Å². The van der Waals surface area contributed by atoms with Crippen molar-refractivity contribution in [2.24, 2.45) is 5.41 Å². The molecule has 0 bridgehead atoms. The Morgan fingerprint density at radius 1 is 0.727 bits per heavy atom. The molecule has 0 amide bonds. The second kappa shape index (κ2) is 4.58. The number of rotatable bonds is 1. The number of fused-ring (bicyclic) bond motifs is 3. The zero-order valence-corrected chi connectivity index (χ0v) is 13.4. The van der Waals surface area contributed by atoms with Crippen molar-refractivity contribution in [3.63, 3.8) is 0 Å². The highest BCUT2D eigenvalue weighted by Gasteiger charge is 2.20. The van der Waals surface area contributed by atoms with Gasteiger partial charge in [-0.1, -0.05) is 81.5 Å². The van der Waals surface area contributed by atoms with Crippen LogP contribution in [0, 0.1) is 5.41 Å². The summed E-state index contributed by atoms with van der Waals surface area (Å²) < 4.78 is 0. The molecule has 0 heterocycles. The summed E-state index contributed by atoms with van der Waals surface area (Å²) >= 11 is 0. The van der Waals surface area contributed by atoms with E-state index in [9.17, 15) is 0 Å². The third-order valence-electron chi connectivity index (χ3n) is 4.30. The smallest absolute Gasteiger partial charge is 0.00264 e. The van der Waals surface area contributed by atoms with Gasteiger partial charge in [-0.3, -0.25) is 0 Å². The summed E-state index contributed by atoms with van der Waals surface area (Å²) in [7, 11) is 0. The number of hydrogen-bond donors (Lipinski definition) is 0. The molecule has 0 unspecified atom stereocenters. The van der Waals surface area contributed by atoms with E-state index in [2.05, 4.69) is 87.5 Å². The second-order valence-corrected chi connectivity index (χ2v) is 7.21. The fourth-order valence-electron chi connectivity index (χ4n) is 3.26. The molecule has 0 aliphatic heterocycles. The number of benzene rings is 3. The van der Waals surface area contributed by atoms with Gasteiger partial charge in [-0.25, -0.2) is 0 Å². The lowest BCUT2D eigenvalue weighted by Crippen LogP contribution is -1.97. The van der Waals surface area contributed by atoms with Gasteiger partial charge >= 0.3 is 0 Å². The lowest BCUT2D eigenvalue weighted by atomic mass is 9.94. The topological polar surface area (TPSA) is 0 Å².